The van der Waals surface area contributed by atoms with E-state index >= 15 is 0 Å². The van der Waals surface area contributed by atoms with Gasteiger partial charge in [-0.2, -0.15) is 0 Å². The number of esters is 2. The second kappa shape index (κ2) is 50.7. The maximum atomic E-state index is 12.7. The molecule has 0 N–H and O–H groups in total. The smallest absolute Gasteiger partial charge is 0.306 e. The minimum atomic E-state index is -0.548. The van der Waals surface area contributed by atoms with Gasteiger partial charge in [0.2, 0.25) is 0 Å². The van der Waals surface area contributed by atoms with E-state index in [9.17, 15) is 9.59 Å². The molecule has 0 rings (SSSR count). The summed E-state index contributed by atoms with van der Waals surface area (Å²) >= 11 is 0. The number of carbonyl (C=O) groups excluding carboxylic acids is 2. The van der Waals surface area contributed by atoms with E-state index in [2.05, 4.69) is 93.7 Å². The van der Waals surface area contributed by atoms with Crippen molar-refractivity contribution in [1.29, 1.82) is 0 Å². The second-order valence-electron chi connectivity index (χ2n) is 16.7. The number of carbonyl (C=O) groups is 2. The van der Waals surface area contributed by atoms with E-state index in [-0.39, 0.29) is 25.2 Å². The van der Waals surface area contributed by atoms with Crippen LogP contribution >= 0.6 is 0 Å². The van der Waals surface area contributed by atoms with E-state index in [1.807, 2.05) is 0 Å². The standard InChI is InChI=1S/C55H96O5/c1-4-7-10-13-16-19-21-23-25-27-29-31-33-35-38-41-44-47-50-58-51-53(60-55(57)49-46-43-40-36-18-15-12-9-6-3)52-59-54(56)48-45-42-39-37-34-32-30-28-26-24-22-20-17-14-11-8-5-2/h7,10,16-17,19-20,23-26,29,31,53H,4-6,8-9,11-15,18,21-22,27-28,30,32-52H2,1-3H3/b10-7-,19-16-,20-17-,25-23-,26-24-,31-29-. The largest absolute Gasteiger partial charge is 0.462 e. The Balaban J connectivity index is 4.24. The molecule has 0 aromatic heterocycles. The molecule has 1 atom stereocenters. The second-order valence-corrected chi connectivity index (χ2v) is 16.7. The van der Waals surface area contributed by atoms with Gasteiger partial charge in [-0.3, -0.25) is 9.59 Å². The molecule has 60 heavy (non-hydrogen) atoms. The highest BCUT2D eigenvalue weighted by atomic mass is 16.6. The minimum Gasteiger partial charge on any atom is -0.462 e. The van der Waals surface area contributed by atoms with Gasteiger partial charge in [-0.25, -0.2) is 0 Å². The van der Waals surface area contributed by atoms with Crippen LogP contribution < -0.4 is 0 Å². The van der Waals surface area contributed by atoms with E-state index in [4.69, 9.17) is 14.2 Å². The molecule has 1 unspecified atom stereocenters. The van der Waals surface area contributed by atoms with Crippen LogP contribution in [0, 0.1) is 0 Å². The summed E-state index contributed by atoms with van der Waals surface area (Å²) in [6, 6.07) is 0. The Bertz CT molecular complexity index is 1080. The lowest BCUT2D eigenvalue weighted by molar-refractivity contribution is -0.163. The summed E-state index contributed by atoms with van der Waals surface area (Å²) in [4.78, 5) is 25.3. The van der Waals surface area contributed by atoms with Crippen molar-refractivity contribution in [1.82, 2.24) is 0 Å². The van der Waals surface area contributed by atoms with Crippen molar-refractivity contribution < 1.29 is 23.8 Å². The van der Waals surface area contributed by atoms with Gasteiger partial charge in [0, 0.05) is 19.4 Å². The van der Waals surface area contributed by atoms with Crippen LogP contribution in [0.3, 0.4) is 0 Å². The fraction of sp³-hybridized carbons (Fsp3) is 0.745. The van der Waals surface area contributed by atoms with Gasteiger partial charge in [-0.15, -0.1) is 0 Å². The Morgan fingerprint density at radius 2 is 0.750 bits per heavy atom. The molecule has 0 aliphatic rings. The van der Waals surface area contributed by atoms with Crippen LogP contribution in [0.25, 0.3) is 0 Å². The predicted octanol–water partition coefficient (Wildman–Crippen LogP) is 17.1. The zero-order chi connectivity index (χ0) is 43.5. The molecule has 346 valence electrons. The van der Waals surface area contributed by atoms with Gasteiger partial charge in [0.05, 0.1) is 6.61 Å². The van der Waals surface area contributed by atoms with Crippen LogP contribution in [0.2, 0.25) is 0 Å². The average molecular weight is 837 g/mol. The summed E-state index contributed by atoms with van der Waals surface area (Å²) in [6.07, 6.45) is 64.8. The molecular weight excluding hydrogens is 741 g/mol. The van der Waals surface area contributed by atoms with Crippen molar-refractivity contribution >= 4 is 11.9 Å². The first-order chi connectivity index (χ1) is 29.6. The number of allylic oxidation sites excluding steroid dienone is 12. The van der Waals surface area contributed by atoms with Gasteiger partial charge < -0.3 is 14.2 Å². The molecule has 0 aliphatic carbocycles. The molecule has 0 aromatic carbocycles. The molecule has 0 saturated heterocycles. The topological polar surface area (TPSA) is 61.8 Å². The minimum absolute atomic E-state index is 0.0727. The molecule has 0 fully saturated rings. The molecule has 0 aromatic rings. The number of hydrogen-bond donors (Lipinski definition) is 0. The van der Waals surface area contributed by atoms with E-state index in [0.717, 1.165) is 83.5 Å². The van der Waals surface area contributed by atoms with Crippen LogP contribution in [0.1, 0.15) is 239 Å². The van der Waals surface area contributed by atoms with Crippen molar-refractivity contribution in [2.75, 3.05) is 19.8 Å². The summed E-state index contributed by atoms with van der Waals surface area (Å²) in [5.41, 5.74) is 0. The van der Waals surface area contributed by atoms with E-state index in [1.165, 1.54) is 122 Å². The monoisotopic (exact) mass is 837 g/mol. The van der Waals surface area contributed by atoms with Crippen molar-refractivity contribution in [3.8, 4) is 0 Å². The molecule has 5 nitrogen and oxygen atoms in total. The van der Waals surface area contributed by atoms with E-state index in [0.29, 0.717) is 19.4 Å². The van der Waals surface area contributed by atoms with Gasteiger partial charge in [-0.05, 0) is 89.9 Å². The lowest BCUT2D eigenvalue weighted by Crippen LogP contribution is -2.30. The number of rotatable bonds is 46. The maximum absolute atomic E-state index is 12.7. The Morgan fingerprint density at radius 3 is 1.23 bits per heavy atom. The number of ether oxygens (including phenoxy) is 3. The Hall–Kier alpha value is -2.66. The van der Waals surface area contributed by atoms with Crippen LogP contribution in [0.4, 0.5) is 0 Å². The molecule has 0 saturated carbocycles. The van der Waals surface area contributed by atoms with Crippen LogP contribution in [-0.4, -0.2) is 37.9 Å². The number of unbranched alkanes of at least 4 members (excludes halogenated alkanes) is 23. The normalized spacial score (nSPS) is 12.8. The molecule has 0 radical (unpaired) electrons. The average Bonchev–Trinajstić information content (AvgIpc) is 3.25. The van der Waals surface area contributed by atoms with Crippen LogP contribution in [0.15, 0.2) is 72.9 Å². The van der Waals surface area contributed by atoms with Crippen LogP contribution in [-0.2, 0) is 23.8 Å². The summed E-state index contributed by atoms with van der Waals surface area (Å²) < 4.78 is 17.3. The van der Waals surface area contributed by atoms with Gasteiger partial charge in [0.15, 0.2) is 6.10 Å². The Kier molecular flexibility index (Phi) is 48.4. The summed E-state index contributed by atoms with van der Waals surface area (Å²) in [5, 5.41) is 0. The van der Waals surface area contributed by atoms with Gasteiger partial charge in [-0.1, -0.05) is 209 Å². The van der Waals surface area contributed by atoms with Crippen molar-refractivity contribution in [3.05, 3.63) is 72.9 Å². The third-order valence-corrected chi connectivity index (χ3v) is 10.7. The SMILES string of the molecule is CC/C=C\C/C=C\C/C=C\C/C=C\CCCCCCCOCC(COC(=O)CCCCCCCCC/C=C\C/C=C\CCCCC)OC(=O)CCCCCCCCCCC. The van der Waals surface area contributed by atoms with Gasteiger partial charge >= 0.3 is 11.9 Å². The van der Waals surface area contributed by atoms with Gasteiger partial charge in [0.25, 0.3) is 0 Å². The number of hydrogen-bond acceptors (Lipinski definition) is 5. The molecular formula is C55H96O5. The molecule has 0 amide bonds. The highest BCUT2D eigenvalue weighted by Crippen LogP contribution is 2.14. The van der Waals surface area contributed by atoms with Crippen molar-refractivity contribution in [2.24, 2.45) is 0 Å². The molecule has 5 heteroatoms. The van der Waals surface area contributed by atoms with Crippen LogP contribution in [0.5, 0.6) is 0 Å². The third kappa shape index (κ3) is 48.0. The fourth-order valence-corrected chi connectivity index (χ4v) is 6.94. The maximum Gasteiger partial charge on any atom is 0.306 e. The third-order valence-electron chi connectivity index (χ3n) is 10.7. The first-order valence-corrected chi connectivity index (χ1v) is 25.5. The quantitative estimate of drug-likeness (QED) is 0.0347. The molecule has 0 bridgehead atoms. The lowest BCUT2D eigenvalue weighted by atomic mass is 10.1. The lowest BCUT2D eigenvalue weighted by Gasteiger charge is -2.18. The van der Waals surface area contributed by atoms with Gasteiger partial charge in [0.1, 0.15) is 6.61 Å². The predicted molar refractivity (Wildman–Crippen MR) is 260 cm³/mol. The highest BCUT2D eigenvalue weighted by Gasteiger charge is 2.17. The van der Waals surface area contributed by atoms with Crippen molar-refractivity contribution in [3.63, 3.8) is 0 Å². The molecule has 0 heterocycles. The summed E-state index contributed by atoms with van der Waals surface area (Å²) in [7, 11) is 0. The zero-order valence-corrected chi connectivity index (χ0v) is 39.7. The highest BCUT2D eigenvalue weighted by molar-refractivity contribution is 5.70. The summed E-state index contributed by atoms with van der Waals surface area (Å²) in [5.74, 6) is -0.417. The summed E-state index contributed by atoms with van der Waals surface area (Å²) in [6.45, 7) is 7.64. The fourth-order valence-electron chi connectivity index (χ4n) is 6.94. The van der Waals surface area contributed by atoms with Crippen molar-refractivity contribution in [2.45, 2.75) is 245 Å². The van der Waals surface area contributed by atoms with E-state index in [1.54, 1.807) is 0 Å². The Morgan fingerprint density at radius 1 is 0.383 bits per heavy atom. The first kappa shape index (κ1) is 57.3. The molecule has 0 spiro atoms. The Labute approximate surface area is 372 Å². The molecule has 0 aliphatic heterocycles. The zero-order valence-electron chi connectivity index (χ0n) is 39.7. The first-order valence-electron chi connectivity index (χ1n) is 25.5. The van der Waals surface area contributed by atoms with E-state index < -0.39 is 6.10 Å².